The Morgan fingerprint density at radius 2 is 1.82 bits per heavy atom. The van der Waals surface area contributed by atoms with Gasteiger partial charge in [-0.2, -0.15) is 5.10 Å². The van der Waals surface area contributed by atoms with Crippen LogP contribution >= 0.6 is 11.3 Å². The Morgan fingerprint density at radius 1 is 1.05 bits per heavy atom. The van der Waals surface area contributed by atoms with Crippen molar-refractivity contribution in [1.82, 2.24) is 10.2 Å². The van der Waals surface area contributed by atoms with E-state index in [1.54, 1.807) is 23.5 Å². The van der Waals surface area contributed by atoms with Gasteiger partial charge in [0.2, 0.25) is 0 Å². The van der Waals surface area contributed by atoms with Gasteiger partial charge in [-0.15, -0.1) is 11.3 Å². The number of thiophene rings is 1. The van der Waals surface area contributed by atoms with Gasteiger partial charge in [0.05, 0.1) is 11.9 Å². The molecule has 0 aliphatic rings. The average Bonchev–Trinajstić information content (AvgIpc) is 3.13. The molecule has 0 saturated carbocycles. The van der Waals surface area contributed by atoms with Crippen LogP contribution in [0.1, 0.15) is 5.56 Å². The molecule has 4 rings (SSSR count). The molecule has 2 aromatic heterocycles. The number of nitrogens with one attached hydrogen (secondary N) is 1. The Morgan fingerprint density at radius 3 is 2.59 bits per heavy atom. The number of halogens is 1. The zero-order chi connectivity index (χ0) is 15.1. The maximum Gasteiger partial charge on any atom is 0.123 e. The van der Waals surface area contributed by atoms with Crippen LogP contribution in [0.4, 0.5) is 4.39 Å². The van der Waals surface area contributed by atoms with E-state index in [1.807, 2.05) is 6.20 Å². The highest BCUT2D eigenvalue weighted by atomic mass is 32.1. The lowest BCUT2D eigenvalue weighted by molar-refractivity contribution is 0.628. The van der Waals surface area contributed by atoms with Gasteiger partial charge in [0, 0.05) is 20.7 Å². The summed E-state index contributed by atoms with van der Waals surface area (Å²) in [7, 11) is 0. The highest BCUT2D eigenvalue weighted by Crippen LogP contribution is 2.41. The fourth-order valence-corrected chi connectivity index (χ4v) is 3.95. The van der Waals surface area contributed by atoms with Crippen molar-refractivity contribution in [3.05, 3.63) is 66.1 Å². The van der Waals surface area contributed by atoms with Gasteiger partial charge in [0.15, 0.2) is 0 Å². The number of fused-ring (bicyclic) bond motifs is 1. The van der Waals surface area contributed by atoms with Gasteiger partial charge in [0.25, 0.3) is 0 Å². The van der Waals surface area contributed by atoms with Gasteiger partial charge in [-0.25, -0.2) is 4.39 Å². The number of hydrogen-bond acceptors (Lipinski definition) is 2. The molecular weight excluding hydrogens is 295 g/mol. The molecule has 2 aromatic carbocycles. The fraction of sp³-hybridized carbons (Fsp3) is 0.0556. The van der Waals surface area contributed by atoms with Crippen LogP contribution in [-0.2, 0) is 0 Å². The van der Waals surface area contributed by atoms with Crippen LogP contribution in [0.2, 0.25) is 0 Å². The molecule has 1 N–H and O–H groups in total. The lowest BCUT2D eigenvalue weighted by atomic mass is 10.0. The summed E-state index contributed by atoms with van der Waals surface area (Å²) in [5.74, 6) is -0.233. The first-order valence-corrected chi connectivity index (χ1v) is 7.83. The lowest BCUT2D eigenvalue weighted by Gasteiger charge is -2.03. The molecule has 2 heterocycles. The summed E-state index contributed by atoms with van der Waals surface area (Å²) in [5.41, 5.74) is 4.18. The molecule has 0 aliphatic heterocycles. The van der Waals surface area contributed by atoms with Gasteiger partial charge in [-0.05, 0) is 48.2 Å². The first-order chi connectivity index (χ1) is 10.7. The molecular formula is C18H13FN2S. The maximum absolute atomic E-state index is 13.1. The summed E-state index contributed by atoms with van der Waals surface area (Å²) in [6, 6.07) is 14.9. The molecule has 0 radical (unpaired) electrons. The van der Waals surface area contributed by atoms with E-state index in [1.165, 1.54) is 32.7 Å². The Kier molecular flexibility index (Phi) is 3.05. The average molecular weight is 308 g/mol. The SMILES string of the molecule is Cc1c(-c2cn[nH]c2-c2ccc(F)cc2)sc2ccccc12. The number of hydrogen-bond donors (Lipinski definition) is 1. The van der Waals surface area contributed by atoms with Crippen LogP contribution in [0.25, 0.3) is 31.8 Å². The van der Waals surface area contributed by atoms with E-state index in [4.69, 9.17) is 0 Å². The molecule has 0 unspecified atom stereocenters. The van der Waals surface area contributed by atoms with Crippen LogP contribution in [0.5, 0.6) is 0 Å². The predicted octanol–water partition coefficient (Wildman–Crippen LogP) is 5.41. The van der Waals surface area contributed by atoms with E-state index in [9.17, 15) is 4.39 Å². The van der Waals surface area contributed by atoms with E-state index in [0.717, 1.165) is 16.8 Å². The third-order valence-electron chi connectivity index (χ3n) is 3.86. The molecule has 0 fully saturated rings. The van der Waals surface area contributed by atoms with E-state index in [0.29, 0.717) is 0 Å². The maximum atomic E-state index is 13.1. The van der Waals surface area contributed by atoms with Crippen molar-refractivity contribution in [2.24, 2.45) is 0 Å². The predicted molar refractivity (Wildman–Crippen MR) is 89.5 cm³/mol. The smallest absolute Gasteiger partial charge is 0.123 e. The van der Waals surface area contributed by atoms with Gasteiger partial charge >= 0.3 is 0 Å². The van der Waals surface area contributed by atoms with Crippen molar-refractivity contribution in [3.8, 4) is 21.7 Å². The highest BCUT2D eigenvalue weighted by Gasteiger charge is 2.16. The fourth-order valence-electron chi connectivity index (χ4n) is 2.73. The number of benzene rings is 2. The molecule has 0 saturated heterocycles. The highest BCUT2D eigenvalue weighted by molar-refractivity contribution is 7.22. The Labute approximate surface area is 131 Å². The number of aryl methyl sites for hydroxylation is 1. The summed E-state index contributed by atoms with van der Waals surface area (Å²) in [6.07, 6.45) is 1.84. The standard InChI is InChI=1S/C18H13FN2S/c1-11-14-4-2-3-5-16(14)22-18(11)15-10-20-21-17(15)12-6-8-13(19)9-7-12/h2-10H,1H3,(H,20,21). The summed E-state index contributed by atoms with van der Waals surface area (Å²) in [6.45, 7) is 2.13. The zero-order valence-electron chi connectivity index (χ0n) is 11.9. The summed E-state index contributed by atoms with van der Waals surface area (Å²) >= 11 is 1.76. The zero-order valence-corrected chi connectivity index (χ0v) is 12.7. The number of H-pyrrole nitrogens is 1. The number of aromatic amines is 1. The molecule has 4 aromatic rings. The first-order valence-electron chi connectivity index (χ1n) is 7.02. The molecule has 0 amide bonds. The molecule has 108 valence electrons. The Bertz CT molecular complexity index is 951. The van der Waals surface area contributed by atoms with Crippen molar-refractivity contribution in [3.63, 3.8) is 0 Å². The van der Waals surface area contributed by atoms with Gasteiger partial charge < -0.3 is 0 Å². The molecule has 0 bridgehead atoms. The van der Waals surface area contributed by atoms with E-state index in [2.05, 4.69) is 41.4 Å². The van der Waals surface area contributed by atoms with Crippen LogP contribution in [-0.4, -0.2) is 10.2 Å². The molecule has 2 nitrogen and oxygen atoms in total. The third-order valence-corrected chi connectivity index (χ3v) is 5.17. The quantitative estimate of drug-likeness (QED) is 0.527. The van der Waals surface area contributed by atoms with Crippen LogP contribution < -0.4 is 0 Å². The lowest BCUT2D eigenvalue weighted by Crippen LogP contribution is -1.83. The monoisotopic (exact) mass is 308 g/mol. The summed E-state index contributed by atoms with van der Waals surface area (Å²) in [5, 5.41) is 8.51. The number of aromatic nitrogens is 2. The molecule has 0 spiro atoms. The van der Waals surface area contributed by atoms with E-state index >= 15 is 0 Å². The van der Waals surface area contributed by atoms with Crippen molar-refractivity contribution in [2.75, 3.05) is 0 Å². The largest absolute Gasteiger partial charge is 0.277 e. The topological polar surface area (TPSA) is 28.7 Å². The van der Waals surface area contributed by atoms with Crippen LogP contribution in [0, 0.1) is 12.7 Å². The van der Waals surface area contributed by atoms with Crippen molar-refractivity contribution in [1.29, 1.82) is 0 Å². The molecule has 22 heavy (non-hydrogen) atoms. The normalized spacial score (nSPS) is 11.2. The van der Waals surface area contributed by atoms with Gasteiger partial charge in [-0.1, -0.05) is 18.2 Å². The van der Waals surface area contributed by atoms with Crippen molar-refractivity contribution < 1.29 is 4.39 Å². The van der Waals surface area contributed by atoms with Gasteiger partial charge in [-0.3, -0.25) is 5.10 Å². The number of rotatable bonds is 2. The van der Waals surface area contributed by atoms with Crippen molar-refractivity contribution in [2.45, 2.75) is 6.92 Å². The van der Waals surface area contributed by atoms with Crippen LogP contribution in [0.15, 0.2) is 54.7 Å². The second kappa shape index (κ2) is 5.07. The molecule has 0 atom stereocenters. The van der Waals surface area contributed by atoms with E-state index < -0.39 is 0 Å². The van der Waals surface area contributed by atoms with Crippen LogP contribution in [0.3, 0.4) is 0 Å². The second-order valence-electron chi connectivity index (χ2n) is 5.22. The first kappa shape index (κ1) is 13.2. The van der Waals surface area contributed by atoms with Gasteiger partial charge in [0.1, 0.15) is 5.82 Å². The Hall–Kier alpha value is -2.46. The minimum Gasteiger partial charge on any atom is -0.277 e. The summed E-state index contributed by atoms with van der Waals surface area (Å²) < 4.78 is 14.4. The van der Waals surface area contributed by atoms with Crippen molar-refractivity contribution >= 4 is 21.4 Å². The summed E-state index contributed by atoms with van der Waals surface area (Å²) in [4.78, 5) is 1.20. The molecule has 0 aliphatic carbocycles. The molecule has 4 heteroatoms. The number of nitrogens with zero attached hydrogens (tertiary/aromatic N) is 1. The third kappa shape index (κ3) is 2.04. The second-order valence-corrected chi connectivity index (χ2v) is 6.27. The van der Waals surface area contributed by atoms with E-state index in [-0.39, 0.29) is 5.82 Å². The minimum atomic E-state index is -0.233. The Balaban J connectivity index is 1.91. The minimum absolute atomic E-state index is 0.233.